The van der Waals surface area contributed by atoms with E-state index in [1.54, 1.807) is 7.11 Å². The van der Waals surface area contributed by atoms with E-state index in [9.17, 15) is 0 Å². The van der Waals surface area contributed by atoms with Gasteiger partial charge >= 0.3 is 0 Å². The predicted molar refractivity (Wildman–Crippen MR) is 56.0 cm³/mol. The van der Waals surface area contributed by atoms with Gasteiger partial charge in [0.05, 0.1) is 13.2 Å². The molecule has 0 fully saturated rings. The zero-order valence-corrected chi connectivity index (χ0v) is 8.44. The Morgan fingerprint density at radius 2 is 2.00 bits per heavy atom. The second kappa shape index (κ2) is 5.75. The van der Waals surface area contributed by atoms with Crippen molar-refractivity contribution in [1.82, 2.24) is 0 Å². The number of ether oxygens (including phenoxy) is 1. The van der Waals surface area contributed by atoms with Gasteiger partial charge in [0.25, 0.3) is 0 Å². The van der Waals surface area contributed by atoms with Gasteiger partial charge < -0.3 is 15.6 Å². The molecule has 1 aromatic carbocycles. The third kappa shape index (κ3) is 2.80. The fourth-order valence-corrected chi connectivity index (χ4v) is 1.37. The Morgan fingerprint density at radius 1 is 1.36 bits per heavy atom. The first-order valence-electron chi connectivity index (χ1n) is 4.70. The monoisotopic (exact) mass is 195 g/mol. The van der Waals surface area contributed by atoms with Crippen molar-refractivity contribution in [2.24, 2.45) is 5.73 Å². The maximum absolute atomic E-state index is 9.05. The Bertz CT molecular complexity index is 254. The minimum atomic E-state index is 0.0478. The minimum absolute atomic E-state index is 0.0478. The van der Waals surface area contributed by atoms with Crippen LogP contribution in [-0.4, -0.2) is 25.4 Å². The molecular formula is C11H17NO2. The molecule has 14 heavy (non-hydrogen) atoms. The van der Waals surface area contributed by atoms with Crippen LogP contribution in [0.4, 0.5) is 0 Å². The van der Waals surface area contributed by atoms with Gasteiger partial charge in [-0.1, -0.05) is 24.3 Å². The Morgan fingerprint density at radius 3 is 2.43 bits per heavy atom. The van der Waals surface area contributed by atoms with Gasteiger partial charge in [0, 0.05) is 19.6 Å². The van der Waals surface area contributed by atoms with Crippen molar-refractivity contribution in [2.45, 2.75) is 12.5 Å². The molecule has 3 nitrogen and oxygen atoms in total. The molecule has 0 saturated heterocycles. The molecule has 1 unspecified atom stereocenters. The molecule has 0 aliphatic heterocycles. The molecule has 0 heterocycles. The van der Waals surface area contributed by atoms with Crippen LogP contribution < -0.4 is 5.73 Å². The van der Waals surface area contributed by atoms with Crippen molar-refractivity contribution in [1.29, 1.82) is 0 Å². The summed E-state index contributed by atoms with van der Waals surface area (Å²) in [7, 11) is 1.67. The number of rotatable bonds is 5. The average molecular weight is 195 g/mol. The molecule has 0 aliphatic carbocycles. The highest BCUT2D eigenvalue weighted by molar-refractivity contribution is 5.25. The standard InChI is InChI=1S/C11H17NO2/c1-14-8-9-2-4-10(5-3-9)11(6-12)7-13/h2-5,11,13H,6-8,12H2,1H3. The van der Waals surface area contributed by atoms with Crippen LogP contribution in [0.2, 0.25) is 0 Å². The highest BCUT2D eigenvalue weighted by Gasteiger charge is 2.07. The molecule has 1 atom stereocenters. The summed E-state index contributed by atoms with van der Waals surface area (Å²) in [5.41, 5.74) is 7.74. The summed E-state index contributed by atoms with van der Waals surface area (Å²) in [5.74, 6) is 0.0478. The van der Waals surface area contributed by atoms with Crippen LogP contribution in [0.25, 0.3) is 0 Å². The molecule has 0 radical (unpaired) electrons. The van der Waals surface area contributed by atoms with E-state index in [4.69, 9.17) is 15.6 Å². The molecule has 78 valence electrons. The Kier molecular flexibility index (Phi) is 4.59. The van der Waals surface area contributed by atoms with Gasteiger partial charge in [-0.05, 0) is 11.1 Å². The lowest BCUT2D eigenvalue weighted by Gasteiger charge is -2.12. The number of hydrogen-bond donors (Lipinski definition) is 2. The van der Waals surface area contributed by atoms with Crippen LogP contribution in [0.1, 0.15) is 17.0 Å². The Hall–Kier alpha value is -0.900. The smallest absolute Gasteiger partial charge is 0.0713 e. The van der Waals surface area contributed by atoms with Gasteiger partial charge in [-0.25, -0.2) is 0 Å². The van der Waals surface area contributed by atoms with E-state index in [-0.39, 0.29) is 12.5 Å². The highest BCUT2D eigenvalue weighted by Crippen LogP contribution is 2.14. The topological polar surface area (TPSA) is 55.5 Å². The van der Waals surface area contributed by atoms with Crippen molar-refractivity contribution in [3.8, 4) is 0 Å². The van der Waals surface area contributed by atoms with Gasteiger partial charge in [-0.15, -0.1) is 0 Å². The lowest BCUT2D eigenvalue weighted by molar-refractivity contribution is 0.185. The summed E-state index contributed by atoms with van der Waals surface area (Å²) < 4.78 is 5.01. The minimum Gasteiger partial charge on any atom is -0.396 e. The van der Waals surface area contributed by atoms with Gasteiger partial charge in [0.1, 0.15) is 0 Å². The van der Waals surface area contributed by atoms with E-state index < -0.39 is 0 Å². The first-order valence-corrected chi connectivity index (χ1v) is 4.70. The van der Waals surface area contributed by atoms with Gasteiger partial charge in [-0.3, -0.25) is 0 Å². The summed E-state index contributed by atoms with van der Waals surface area (Å²) in [6, 6.07) is 7.97. The molecule has 0 aliphatic rings. The SMILES string of the molecule is COCc1ccc(C(CN)CO)cc1. The van der Waals surface area contributed by atoms with Crippen LogP contribution in [-0.2, 0) is 11.3 Å². The molecule has 0 spiro atoms. The second-order valence-electron chi connectivity index (χ2n) is 3.29. The molecule has 1 aromatic rings. The van der Waals surface area contributed by atoms with Gasteiger partial charge in [0.15, 0.2) is 0 Å². The van der Waals surface area contributed by atoms with Crippen molar-refractivity contribution in [3.63, 3.8) is 0 Å². The lowest BCUT2D eigenvalue weighted by atomic mass is 9.99. The predicted octanol–water partition coefficient (Wildman–Crippen LogP) is 0.868. The number of aliphatic hydroxyl groups is 1. The van der Waals surface area contributed by atoms with Crippen LogP contribution in [0, 0.1) is 0 Å². The fraction of sp³-hybridized carbons (Fsp3) is 0.455. The summed E-state index contributed by atoms with van der Waals surface area (Å²) in [6.45, 7) is 1.19. The van der Waals surface area contributed by atoms with Gasteiger partial charge in [0.2, 0.25) is 0 Å². The number of nitrogens with two attached hydrogens (primary N) is 1. The van der Waals surface area contributed by atoms with E-state index in [0.717, 1.165) is 11.1 Å². The molecule has 0 saturated carbocycles. The number of benzene rings is 1. The summed E-state index contributed by atoms with van der Waals surface area (Å²) in [5, 5.41) is 9.05. The molecule has 0 amide bonds. The maximum Gasteiger partial charge on any atom is 0.0713 e. The number of methoxy groups -OCH3 is 1. The zero-order chi connectivity index (χ0) is 10.4. The van der Waals surface area contributed by atoms with Crippen molar-refractivity contribution in [2.75, 3.05) is 20.3 Å². The first-order chi connectivity index (χ1) is 6.81. The Labute approximate surface area is 84.5 Å². The molecule has 3 N–H and O–H groups in total. The molecule has 0 aromatic heterocycles. The first kappa shape index (κ1) is 11.2. The number of aliphatic hydroxyl groups excluding tert-OH is 1. The average Bonchev–Trinajstić information content (AvgIpc) is 2.23. The molecule has 1 rings (SSSR count). The normalized spacial score (nSPS) is 12.8. The summed E-state index contributed by atoms with van der Waals surface area (Å²) in [4.78, 5) is 0. The van der Waals surface area contributed by atoms with E-state index in [1.807, 2.05) is 24.3 Å². The van der Waals surface area contributed by atoms with E-state index in [1.165, 1.54) is 0 Å². The maximum atomic E-state index is 9.05. The zero-order valence-electron chi connectivity index (χ0n) is 8.44. The fourth-order valence-electron chi connectivity index (χ4n) is 1.37. The third-order valence-corrected chi connectivity index (χ3v) is 2.27. The van der Waals surface area contributed by atoms with Crippen molar-refractivity contribution < 1.29 is 9.84 Å². The molecule has 3 heteroatoms. The van der Waals surface area contributed by atoms with Crippen molar-refractivity contribution in [3.05, 3.63) is 35.4 Å². The van der Waals surface area contributed by atoms with Crippen molar-refractivity contribution >= 4 is 0 Å². The lowest BCUT2D eigenvalue weighted by Crippen LogP contribution is -2.15. The summed E-state index contributed by atoms with van der Waals surface area (Å²) >= 11 is 0. The molecule has 0 bridgehead atoms. The second-order valence-corrected chi connectivity index (χ2v) is 3.29. The third-order valence-electron chi connectivity index (χ3n) is 2.27. The number of hydrogen-bond acceptors (Lipinski definition) is 3. The van der Waals surface area contributed by atoms with Gasteiger partial charge in [-0.2, -0.15) is 0 Å². The highest BCUT2D eigenvalue weighted by atomic mass is 16.5. The quantitative estimate of drug-likeness (QED) is 0.733. The van der Waals surface area contributed by atoms with Crippen LogP contribution in [0.3, 0.4) is 0 Å². The van der Waals surface area contributed by atoms with Crippen LogP contribution in [0.15, 0.2) is 24.3 Å². The van der Waals surface area contributed by atoms with E-state index >= 15 is 0 Å². The Balaban J connectivity index is 2.71. The largest absolute Gasteiger partial charge is 0.396 e. The van der Waals surface area contributed by atoms with E-state index in [0.29, 0.717) is 13.2 Å². The summed E-state index contributed by atoms with van der Waals surface area (Å²) in [6.07, 6.45) is 0. The van der Waals surface area contributed by atoms with E-state index in [2.05, 4.69) is 0 Å². The van der Waals surface area contributed by atoms with Crippen LogP contribution in [0.5, 0.6) is 0 Å². The molecular weight excluding hydrogens is 178 g/mol. The van der Waals surface area contributed by atoms with Crippen LogP contribution >= 0.6 is 0 Å².